The summed E-state index contributed by atoms with van der Waals surface area (Å²) in [6, 6.07) is 5.70. The lowest BCUT2D eigenvalue weighted by Crippen LogP contribution is -2.21. The molecule has 1 unspecified atom stereocenters. The third-order valence-electron chi connectivity index (χ3n) is 3.30. The summed E-state index contributed by atoms with van der Waals surface area (Å²) in [5.41, 5.74) is 1.02. The third-order valence-corrected chi connectivity index (χ3v) is 3.53. The van der Waals surface area contributed by atoms with Crippen molar-refractivity contribution in [3.05, 3.63) is 40.9 Å². The Morgan fingerprint density at radius 3 is 2.90 bits per heavy atom. The highest BCUT2D eigenvalue weighted by atomic mass is 35.5. The first-order valence-electron chi connectivity index (χ1n) is 6.57. The van der Waals surface area contributed by atoms with Gasteiger partial charge in [0.05, 0.1) is 7.11 Å². The summed E-state index contributed by atoms with van der Waals surface area (Å²) < 4.78 is 7.31. The standard InChI is InChI=1S/C14H19ClN4O/c1-4-19-14(17-9-18-19)8-12(16-2)11-7-10(15)5-6-13(11)20-3/h5-7,9,12,16H,4,8H2,1-3H3. The van der Waals surface area contributed by atoms with Crippen LogP contribution in [-0.4, -0.2) is 28.9 Å². The first-order chi connectivity index (χ1) is 9.69. The molecular weight excluding hydrogens is 276 g/mol. The number of rotatable bonds is 6. The van der Waals surface area contributed by atoms with E-state index in [0.29, 0.717) is 5.02 Å². The second kappa shape index (κ2) is 6.72. The van der Waals surface area contributed by atoms with Crippen LogP contribution in [0.2, 0.25) is 5.02 Å². The lowest BCUT2D eigenvalue weighted by Gasteiger charge is -2.19. The van der Waals surface area contributed by atoms with Gasteiger partial charge in [-0.1, -0.05) is 11.6 Å². The predicted octanol–water partition coefficient (Wildman–Crippen LogP) is 2.46. The van der Waals surface area contributed by atoms with Crippen molar-refractivity contribution in [2.24, 2.45) is 0 Å². The van der Waals surface area contributed by atoms with Gasteiger partial charge in [-0.25, -0.2) is 4.98 Å². The fourth-order valence-corrected chi connectivity index (χ4v) is 2.42. The maximum atomic E-state index is 6.10. The average Bonchev–Trinajstić information content (AvgIpc) is 2.91. The topological polar surface area (TPSA) is 52.0 Å². The Morgan fingerprint density at radius 2 is 2.25 bits per heavy atom. The summed E-state index contributed by atoms with van der Waals surface area (Å²) in [4.78, 5) is 4.32. The molecule has 0 aliphatic rings. The zero-order chi connectivity index (χ0) is 14.5. The van der Waals surface area contributed by atoms with Crippen molar-refractivity contribution in [1.29, 1.82) is 0 Å². The molecule has 0 aliphatic heterocycles. The Morgan fingerprint density at radius 1 is 1.45 bits per heavy atom. The van der Waals surface area contributed by atoms with Gasteiger partial charge in [-0.2, -0.15) is 5.10 Å². The van der Waals surface area contributed by atoms with Gasteiger partial charge in [0.15, 0.2) is 0 Å². The average molecular weight is 295 g/mol. The number of methoxy groups -OCH3 is 1. The van der Waals surface area contributed by atoms with Crippen LogP contribution in [0.5, 0.6) is 5.75 Å². The molecule has 0 amide bonds. The van der Waals surface area contributed by atoms with E-state index in [0.717, 1.165) is 30.1 Å². The van der Waals surface area contributed by atoms with E-state index in [1.165, 1.54) is 0 Å². The Bertz CT molecular complexity index is 570. The molecule has 0 saturated carbocycles. The van der Waals surface area contributed by atoms with Crippen LogP contribution < -0.4 is 10.1 Å². The van der Waals surface area contributed by atoms with Crippen molar-refractivity contribution in [3.8, 4) is 5.75 Å². The largest absolute Gasteiger partial charge is 0.496 e. The zero-order valence-electron chi connectivity index (χ0n) is 11.9. The number of nitrogens with one attached hydrogen (secondary N) is 1. The summed E-state index contributed by atoms with van der Waals surface area (Å²) in [5, 5.41) is 8.18. The number of aromatic nitrogens is 3. The van der Waals surface area contributed by atoms with Crippen molar-refractivity contribution in [2.75, 3.05) is 14.2 Å². The van der Waals surface area contributed by atoms with E-state index in [-0.39, 0.29) is 6.04 Å². The van der Waals surface area contributed by atoms with E-state index >= 15 is 0 Å². The Balaban J connectivity index is 2.30. The highest BCUT2D eigenvalue weighted by Gasteiger charge is 2.18. The van der Waals surface area contributed by atoms with Crippen LogP contribution in [-0.2, 0) is 13.0 Å². The summed E-state index contributed by atoms with van der Waals surface area (Å²) in [5.74, 6) is 1.75. The zero-order valence-corrected chi connectivity index (χ0v) is 12.7. The van der Waals surface area contributed by atoms with Crippen molar-refractivity contribution >= 4 is 11.6 Å². The molecule has 0 bridgehead atoms. The first-order valence-corrected chi connectivity index (χ1v) is 6.94. The molecule has 2 rings (SSSR count). The van der Waals surface area contributed by atoms with E-state index in [9.17, 15) is 0 Å². The second-order valence-electron chi connectivity index (χ2n) is 4.42. The van der Waals surface area contributed by atoms with Crippen molar-refractivity contribution in [2.45, 2.75) is 25.9 Å². The summed E-state index contributed by atoms with van der Waals surface area (Å²) in [6.07, 6.45) is 2.31. The maximum absolute atomic E-state index is 6.10. The minimum Gasteiger partial charge on any atom is -0.496 e. The van der Waals surface area contributed by atoms with Crippen molar-refractivity contribution < 1.29 is 4.74 Å². The van der Waals surface area contributed by atoms with Crippen LogP contribution in [0.1, 0.15) is 24.4 Å². The lowest BCUT2D eigenvalue weighted by molar-refractivity contribution is 0.399. The van der Waals surface area contributed by atoms with Gasteiger partial charge in [-0.15, -0.1) is 0 Å². The molecular formula is C14H19ClN4O. The number of ether oxygens (including phenoxy) is 1. The fraction of sp³-hybridized carbons (Fsp3) is 0.429. The van der Waals surface area contributed by atoms with Gasteiger partial charge in [-0.3, -0.25) is 4.68 Å². The van der Waals surface area contributed by atoms with Crippen LogP contribution in [0, 0.1) is 0 Å². The summed E-state index contributed by atoms with van der Waals surface area (Å²) >= 11 is 6.10. The smallest absolute Gasteiger partial charge is 0.138 e. The van der Waals surface area contributed by atoms with Gasteiger partial charge in [0, 0.05) is 29.6 Å². The van der Waals surface area contributed by atoms with E-state index in [2.05, 4.69) is 15.4 Å². The molecule has 2 aromatic rings. The minimum atomic E-state index is 0.0677. The highest BCUT2D eigenvalue weighted by Crippen LogP contribution is 2.29. The normalized spacial score (nSPS) is 12.4. The number of aryl methyl sites for hydroxylation is 1. The van der Waals surface area contributed by atoms with Crippen molar-refractivity contribution in [3.63, 3.8) is 0 Å². The van der Waals surface area contributed by atoms with Crippen LogP contribution in [0.15, 0.2) is 24.5 Å². The van der Waals surface area contributed by atoms with Crippen LogP contribution in [0.3, 0.4) is 0 Å². The first kappa shape index (κ1) is 14.8. The predicted molar refractivity (Wildman–Crippen MR) is 79.2 cm³/mol. The quantitative estimate of drug-likeness (QED) is 0.889. The van der Waals surface area contributed by atoms with E-state index in [1.807, 2.05) is 36.9 Å². The number of hydrogen-bond acceptors (Lipinski definition) is 4. The lowest BCUT2D eigenvalue weighted by atomic mass is 10.0. The van der Waals surface area contributed by atoms with E-state index in [1.54, 1.807) is 13.4 Å². The molecule has 1 aromatic carbocycles. The molecule has 0 saturated heterocycles. The van der Waals surface area contributed by atoms with Crippen LogP contribution >= 0.6 is 11.6 Å². The van der Waals surface area contributed by atoms with Crippen LogP contribution in [0.25, 0.3) is 0 Å². The maximum Gasteiger partial charge on any atom is 0.138 e. The van der Waals surface area contributed by atoms with E-state index in [4.69, 9.17) is 16.3 Å². The number of benzene rings is 1. The van der Waals surface area contributed by atoms with Gasteiger partial charge in [0.25, 0.3) is 0 Å². The Kier molecular flexibility index (Phi) is 4.98. The molecule has 1 aromatic heterocycles. The molecule has 1 heterocycles. The van der Waals surface area contributed by atoms with Gasteiger partial charge in [0.2, 0.25) is 0 Å². The molecule has 108 valence electrons. The number of halogens is 1. The van der Waals surface area contributed by atoms with Gasteiger partial charge >= 0.3 is 0 Å². The minimum absolute atomic E-state index is 0.0677. The monoisotopic (exact) mass is 294 g/mol. The second-order valence-corrected chi connectivity index (χ2v) is 4.86. The molecule has 1 N–H and O–H groups in total. The Hall–Kier alpha value is -1.59. The molecule has 0 aliphatic carbocycles. The molecule has 20 heavy (non-hydrogen) atoms. The fourth-order valence-electron chi connectivity index (χ4n) is 2.24. The molecule has 1 atom stereocenters. The number of nitrogens with zero attached hydrogens (tertiary/aromatic N) is 3. The summed E-state index contributed by atoms with van der Waals surface area (Å²) in [6.45, 7) is 2.85. The van der Waals surface area contributed by atoms with E-state index < -0.39 is 0 Å². The van der Waals surface area contributed by atoms with Crippen LogP contribution in [0.4, 0.5) is 0 Å². The molecule has 0 spiro atoms. The van der Waals surface area contributed by atoms with Gasteiger partial charge < -0.3 is 10.1 Å². The molecule has 0 fully saturated rings. The molecule has 0 radical (unpaired) electrons. The number of hydrogen-bond donors (Lipinski definition) is 1. The SMILES string of the molecule is CCn1ncnc1CC(NC)c1cc(Cl)ccc1OC. The summed E-state index contributed by atoms with van der Waals surface area (Å²) in [7, 11) is 3.58. The third kappa shape index (κ3) is 3.11. The Labute approximate surface area is 123 Å². The molecule has 6 heteroatoms. The van der Waals surface area contributed by atoms with Gasteiger partial charge in [-0.05, 0) is 32.2 Å². The highest BCUT2D eigenvalue weighted by molar-refractivity contribution is 6.30. The molecule has 5 nitrogen and oxygen atoms in total. The number of likely N-dealkylation sites (N-methyl/N-ethyl adjacent to an activating group) is 1. The van der Waals surface area contributed by atoms with Gasteiger partial charge in [0.1, 0.15) is 17.9 Å². The van der Waals surface area contributed by atoms with Crippen molar-refractivity contribution in [1.82, 2.24) is 20.1 Å².